The Labute approximate surface area is 242 Å². The maximum absolute atomic E-state index is 13.3. The topological polar surface area (TPSA) is 98.7 Å². The Kier molecular flexibility index (Phi) is 9.46. The highest BCUT2D eigenvalue weighted by Crippen LogP contribution is 2.35. The van der Waals surface area contributed by atoms with Crippen LogP contribution in [0.25, 0.3) is 21.5 Å². The molecule has 0 unspecified atom stereocenters. The van der Waals surface area contributed by atoms with Crippen LogP contribution in [0.15, 0.2) is 84.9 Å². The highest BCUT2D eigenvalue weighted by atomic mass is 16.3. The summed E-state index contributed by atoms with van der Waals surface area (Å²) in [5, 5.41) is 33.1. The van der Waals surface area contributed by atoms with Gasteiger partial charge in [0.25, 0.3) is 0 Å². The van der Waals surface area contributed by atoms with Gasteiger partial charge in [-0.3, -0.25) is 9.59 Å². The summed E-state index contributed by atoms with van der Waals surface area (Å²) in [5.74, 6) is -0.982. The summed E-state index contributed by atoms with van der Waals surface area (Å²) >= 11 is 0. The predicted molar refractivity (Wildman–Crippen MR) is 165 cm³/mol. The van der Waals surface area contributed by atoms with Gasteiger partial charge in [-0.2, -0.15) is 0 Å². The summed E-state index contributed by atoms with van der Waals surface area (Å²) in [4.78, 5) is 26.6. The molecule has 0 aromatic heterocycles. The van der Waals surface area contributed by atoms with E-state index in [0.717, 1.165) is 32.7 Å². The van der Waals surface area contributed by atoms with Crippen LogP contribution in [0, 0.1) is 0 Å². The minimum absolute atomic E-state index is 0.428. The van der Waals surface area contributed by atoms with Crippen LogP contribution < -0.4 is 10.6 Å². The van der Waals surface area contributed by atoms with Crippen molar-refractivity contribution < 1.29 is 19.8 Å². The first-order chi connectivity index (χ1) is 19.7. The number of carbonyl (C=O) groups is 2. The van der Waals surface area contributed by atoms with E-state index >= 15 is 0 Å². The van der Waals surface area contributed by atoms with Crippen molar-refractivity contribution in [1.29, 1.82) is 0 Å². The second kappa shape index (κ2) is 12.8. The molecule has 0 saturated heterocycles. The van der Waals surface area contributed by atoms with Gasteiger partial charge >= 0.3 is 0 Å². The van der Waals surface area contributed by atoms with Crippen LogP contribution in [0.1, 0.15) is 83.0 Å². The van der Waals surface area contributed by atoms with Crippen molar-refractivity contribution in [2.24, 2.45) is 0 Å². The summed E-state index contributed by atoms with van der Waals surface area (Å²) in [7, 11) is 0. The second-order valence-corrected chi connectivity index (χ2v) is 11.0. The van der Waals surface area contributed by atoms with Crippen molar-refractivity contribution in [2.75, 3.05) is 0 Å². The van der Waals surface area contributed by atoms with Gasteiger partial charge in [-0.1, -0.05) is 100 Å². The number of hydrogen-bond acceptors (Lipinski definition) is 4. The third-order valence-corrected chi connectivity index (χ3v) is 8.67. The van der Waals surface area contributed by atoms with Crippen molar-refractivity contribution >= 4 is 33.4 Å². The van der Waals surface area contributed by atoms with Crippen molar-refractivity contribution in [1.82, 2.24) is 10.6 Å². The van der Waals surface area contributed by atoms with Crippen LogP contribution >= 0.6 is 0 Å². The van der Waals surface area contributed by atoms with E-state index in [4.69, 9.17) is 0 Å². The van der Waals surface area contributed by atoms with Gasteiger partial charge in [0.15, 0.2) is 0 Å². The molecule has 0 bridgehead atoms. The van der Waals surface area contributed by atoms with Gasteiger partial charge in [-0.25, -0.2) is 0 Å². The molecule has 0 fully saturated rings. The molecule has 0 saturated carbocycles. The lowest BCUT2D eigenvalue weighted by Crippen LogP contribution is -2.48. The van der Waals surface area contributed by atoms with E-state index in [9.17, 15) is 19.8 Å². The van der Waals surface area contributed by atoms with E-state index < -0.39 is 41.5 Å². The lowest BCUT2D eigenvalue weighted by atomic mass is 9.83. The number of carbonyl (C=O) groups excluding carboxylic acids is 2. The minimum atomic E-state index is -1.19. The van der Waals surface area contributed by atoms with Gasteiger partial charge in [-0.15, -0.1) is 0 Å². The minimum Gasteiger partial charge on any atom is -0.387 e. The highest BCUT2D eigenvalue weighted by Gasteiger charge is 2.38. The first-order valence-electron chi connectivity index (χ1n) is 14.7. The quantitative estimate of drug-likeness (QED) is 0.150. The number of hydrogen-bond donors (Lipinski definition) is 4. The fraction of sp³-hybridized carbons (Fsp3) is 0.371. The average molecular weight is 555 g/mol. The zero-order valence-electron chi connectivity index (χ0n) is 24.5. The van der Waals surface area contributed by atoms with Crippen LogP contribution in [0.5, 0.6) is 0 Å². The molecule has 0 radical (unpaired) electrons. The highest BCUT2D eigenvalue weighted by molar-refractivity contribution is 5.97. The molecule has 4 aromatic rings. The van der Waals surface area contributed by atoms with E-state index in [1.165, 1.54) is 0 Å². The smallest absolute Gasteiger partial charge is 0.230 e. The average Bonchev–Trinajstić information content (AvgIpc) is 3.01. The number of aliphatic hydroxyl groups is 2. The predicted octanol–water partition coefficient (Wildman–Crippen LogP) is 6.50. The summed E-state index contributed by atoms with van der Waals surface area (Å²) < 4.78 is 0. The molecular formula is C35H42N2O4. The molecule has 0 heterocycles. The Balaban J connectivity index is 1.57. The van der Waals surface area contributed by atoms with Gasteiger partial charge in [-0.05, 0) is 70.5 Å². The molecule has 6 nitrogen and oxygen atoms in total. The van der Waals surface area contributed by atoms with Crippen LogP contribution in [0.3, 0.4) is 0 Å². The van der Waals surface area contributed by atoms with Crippen LogP contribution in [0.4, 0.5) is 0 Å². The molecule has 4 rings (SSSR count). The number of nitrogens with one attached hydrogen (secondary N) is 2. The van der Waals surface area contributed by atoms with Crippen molar-refractivity contribution in [3.63, 3.8) is 0 Å². The molecule has 4 aromatic carbocycles. The number of amides is 2. The van der Waals surface area contributed by atoms with Crippen LogP contribution in [-0.2, 0) is 9.59 Å². The summed E-state index contributed by atoms with van der Waals surface area (Å²) in [6.45, 7) is 7.56. The molecule has 0 aliphatic carbocycles. The molecule has 0 aliphatic rings. The van der Waals surface area contributed by atoms with Crippen LogP contribution in [0.2, 0.25) is 0 Å². The first kappa shape index (κ1) is 30.2. The van der Waals surface area contributed by atoms with Crippen molar-refractivity contribution in [3.8, 4) is 0 Å². The van der Waals surface area contributed by atoms with Gasteiger partial charge in [0, 0.05) is 0 Å². The fourth-order valence-corrected chi connectivity index (χ4v) is 5.72. The standard InChI is InChI=1S/C35H42N2O4/c1-5-34(40,6-2)32(28-19-17-24-13-9-11-15-26(24)21-28)36-30(38)23-31(39)37-33(35(41,7-3)8-4)29-20-18-25-14-10-12-16-27(25)22-29/h9-22,32-33,40-41H,5-8,23H2,1-4H3,(H,36,38)(H,37,39)/t32-,33-/m1/s1. The van der Waals surface area contributed by atoms with E-state index in [2.05, 4.69) is 10.6 Å². The molecule has 0 aliphatic heterocycles. The Morgan fingerprint density at radius 2 is 0.927 bits per heavy atom. The zero-order valence-corrected chi connectivity index (χ0v) is 24.5. The molecule has 41 heavy (non-hydrogen) atoms. The summed E-state index contributed by atoms with van der Waals surface area (Å²) in [5.41, 5.74) is -0.812. The van der Waals surface area contributed by atoms with Gasteiger partial charge in [0.05, 0.1) is 23.3 Å². The van der Waals surface area contributed by atoms with E-state index in [-0.39, 0.29) is 0 Å². The normalized spacial score (nSPS) is 13.6. The Morgan fingerprint density at radius 3 is 1.27 bits per heavy atom. The lowest BCUT2D eigenvalue weighted by molar-refractivity contribution is -0.133. The zero-order chi connectivity index (χ0) is 29.6. The Hall–Kier alpha value is -3.74. The molecular weight excluding hydrogens is 512 g/mol. The second-order valence-electron chi connectivity index (χ2n) is 11.0. The molecule has 0 spiro atoms. The van der Waals surface area contributed by atoms with E-state index in [0.29, 0.717) is 25.7 Å². The first-order valence-corrected chi connectivity index (χ1v) is 14.7. The largest absolute Gasteiger partial charge is 0.387 e. The number of fused-ring (bicyclic) bond motifs is 2. The SMILES string of the molecule is CCC(O)(CC)[C@H](NC(=O)CC(=O)N[C@H](c1ccc2ccccc2c1)C(O)(CC)CC)c1ccc2ccccc2c1. The number of rotatable bonds is 12. The molecule has 4 N–H and O–H groups in total. The van der Waals surface area contributed by atoms with Crippen molar-refractivity contribution in [2.45, 2.75) is 83.1 Å². The van der Waals surface area contributed by atoms with E-state index in [1.807, 2.05) is 113 Å². The molecule has 216 valence electrons. The third kappa shape index (κ3) is 6.61. The molecule has 6 heteroatoms. The maximum atomic E-state index is 13.3. The fourth-order valence-electron chi connectivity index (χ4n) is 5.72. The monoisotopic (exact) mass is 554 g/mol. The number of benzene rings is 4. The molecule has 2 atom stereocenters. The third-order valence-electron chi connectivity index (χ3n) is 8.67. The molecule has 2 amide bonds. The van der Waals surface area contributed by atoms with Gasteiger partial charge in [0.1, 0.15) is 6.42 Å². The Bertz CT molecular complexity index is 1390. The van der Waals surface area contributed by atoms with E-state index in [1.54, 1.807) is 0 Å². The van der Waals surface area contributed by atoms with Crippen molar-refractivity contribution in [3.05, 3.63) is 96.1 Å². The summed E-state index contributed by atoms with van der Waals surface area (Å²) in [6, 6.07) is 26.2. The summed E-state index contributed by atoms with van der Waals surface area (Å²) in [6.07, 6.45) is 1.28. The van der Waals surface area contributed by atoms with Crippen LogP contribution in [-0.4, -0.2) is 33.2 Å². The van der Waals surface area contributed by atoms with Gasteiger partial charge in [0.2, 0.25) is 11.8 Å². The van der Waals surface area contributed by atoms with Gasteiger partial charge < -0.3 is 20.8 Å². The Morgan fingerprint density at radius 1 is 0.585 bits per heavy atom. The maximum Gasteiger partial charge on any atom is 0.230 e. The lowest BCUT2D eigenvalue weighted by Gasteiger charge is -2.37.